The van der Waals surface area contributed by atoms with Crippen molar-refractivity contribution in [3.8, 4) is 0 Å². The first-order valence-electron chi connectivity index (χ1n) is 11.5. The lowest BCUT2D eigenvalue weighted by Crippen LogP contribution is -2.44. The van der Waals surface area contributed by atoms with E-state index in [1.54, 1.807) is 13.0 Å². The van der Waals surface area contributed by atoms with E-state index >= 15 is 0 Å². The molecule has 4 unspecified atom stereocenters. The van der Waals surface area contributed by atoms with Gasteiger partial charge in [0, 0.05) is 23.0 Å². The molecular weight excluding hydrogens is 448 g/mol. The molecule has 3 heterocycles. The summed E-state index contributed by atoms with van der Waals surface area (Å²) in [5.74, 6) is -2.39. The zero-order valence-corrected chi connectivity index (χ0v) is 20.0. The van der Waals surface area contributed by atoms with Gasteiger partial charge >= 0.3 is 5.97 Å². The summed E-state index contributed by atoms with van der Waals surface area (Å²) in [7, 11) is -3.08. The Hall–Kier alpha value is -2.49. The first-order valence-corrected chi connectivity index (χ1v) is 13.3. The Morgan fingerprint density at radius 2 is 1.70 bits per heavy atom. The van der Waals surface area contributed by atoms with Gasteiger partial charge in [-0.25, -0.2) is 13.2 Å². The van der Waals surface area contributed by atoms with Crippen molar-refractivity contribution in [1.29, 1.82) is 0 Å². The summed E-state index contributed by atoms with van der Waals surface area (Å²) in [5.41, 5.74) is 1.78. The zero-order chi connectivity index (χ0) is 24.1. The minimum Gasteiger partial charge on any atom is -0.456 e. The average Bonchev–Trinajstić information content (AvgIpc) is 3.36. The molecule has 1 aromatic rings. The molecule has 33 heavy (non-hydrogen) atoms. The molecule has 2 aliphatic heterocycles. The number of likely N-dealkylation sites (tertiary alicyclic amines) is 1. The number of aromatic nitrogens is 1. The summed E-state index contributed by atoms with van der Waals surface area (Å²) in [6, 6.07) is 0.382. The van der Waals surface area contributed by atoms with Gasteiger partial charge in [0.15, 0.2) is 16.4 Å². The largest absolute Gasteiger partial charge is 0.456 e. The molecule has 4 atom stereocenters. The number of hydrogen-bond donors (Lipinski definition) is 0. The molecule has 1 aromatic heterocycles. The number of amides is 2. The number of fused-ring (bicyclic) bond motifs is 1. The molecule has 0 bridgehead atoms. The Kier molecular flexibility index (Phi) is 6.24. The quantitative estimate of drug-likeness (QED) is 0.347. The van der Waals surface area contributed by atoms with E-state index in [0.717, 1.165) is 23.4 Å². The van der Waals surface area contributed by atoms with Crippen LogP contribution >= 0.6 is 0 Å². The maximum absolute atomic E-state index is 12.8. The normalized spacial score (nSPS) is 27.5. The first-order chi connectivity index (χ1) is 15.5. The summed E-state index contributed by atoms with van der Waals surface area (Å²) >= 11 is 0. The molecular formula is C23H30N2O7S. The minimum atomic E-state index is -3.08. The van der Waals surface area contributed by atoms with E-state index in [2.05, 4.69) is 0 Å². The molecule has 3 aliphatic rings. The number of esters is 1. The topological polar surface area (TPSA) is 120 Å². The van der Waals surface area contributed by atoms with E-state index in [9.17, 15) is 27.6 Å². The number of Topliss-reactive ketones (excluding diaryl/α,β-unsaturated/α-hetero) is 1. The highest BCUT2D eigenvalue weighted by molar-refractivity contribution is 7.91. The maximum Gasteiger partial charge on any atom is 0.329 e. The number of carbonyl (C=O) groups excluding carboxylic acids is 4. The van der Waals surface area contributed by atoms with Gasteiger partial charge in [0.25, 0.3) is 0 Å². The van der Waals surface area contributed by atoms with E-state index in [1.807, 2.05) is 11.5 Å². The van der Waals surface area contributed by atoms with E-state index in [-0.39, 0.29) is 41.2 Å². The molecule has 0 radical (unpaired) electrons. The van der Waals surface area contributed by atoms with Crippen LogP contribution in [0.5, 0.6) is 0 Å². The van der Waals surface area contributed by atoms with Crippen LogP contribution in [0.2, 0.25) is 0 Å². The SMILES string of the molecule is Cc1cc(C(=O)COC(=O)C(C)N2C(=O)C3CCCCC3C2=O)c(C)n1C1CCS(=O)(=O)C1. The number of rotatable bonds is 6. The number of hydrogen-bond acceptors (Lipinski definition) is 7. The van der Waals surface area contributed by atoms with Gasteiger partial charge in [-0.3, -0.25) is 19.3 Å². The van der Waals surface area contributed by atoms with Crippen LogP contribution in [0.4, 0.5) is 0 Å². The highest BCUT2D eigenvalue weighted by Gasteiger charge is 2.51. The van der Waals surface area contributed by atoms with Gasteiger partial charge < -0.3 is 9.30 Å². The number of imide groups is 1. The van der Waals surface area contributed by atoms with Crippen molar-refractivity contribution in [2.24, 2.45) is 11.8 Å². The smallest absolute Gasteiger partial charge is 0.329 e. The van der Waals surface area contributed by atoms with Gasteiger partial charge in [-0.15, -0.1) is 0 Å². The third-order valence-electron chi connectivity index (χ3n) is 7.31. The highest BCUT2D eigenvalue weighted by atomic mass is 32.2. The molecule has 10 heteroatoms. The van der Waals surface area contributed by atoms with Crippen molar-refractivity contribution in [2.75, 3.05) is 18.1 Å². The summed E-state index contributed by atoms with van der Waals surface area (Å²) in [5, 5.41) is 0. The van der Waals surface area contributed by atoms with Crippen LogP contribution in [0.15, 0.2) is 6.07 Å². The molecule has 180 valence electrons. The Labute approximate surface area is 193 Å². The van der Waals surface area contributed by atoms with Gasteiger partial charge in [-0.1, -0.05) is 12.8 Å². The third kappa shape index (κ3) is 4.25. The van der Waals surface area contributed by atoms with Crippen molar-refractivity contribution in [3.05, 3.63) is 23.0 Å². The van der Waals surface area contributed by atoms with Crippen LogP contribution in [-0.4, -0.2) is 65.6 Å². The van der Waals surface area contributed by atoms with E-state index in [4.69, 9.17) is 4.74 Å². The van der Waals surface area contributed by atoms with Gasteiger partial charge in [0.05, 0.1) is 23.3 Å². The molecule has 9 nitrogen and oxygen atoms in total. The number of sulfone groups is 1. The number of carbonyl (C=O) groups is 4. The molecule has 2 amide bonds. The van der Waals surface area contributed by atoms with Crippen LogP contribution in [-0.2, 0) is 29.0 Å². The lowest BCUT2D eigenvalue weighted by atomic mass is 9.81. The molecule has 2 saturated heterocycles. The van der Waals surface area contributed by atoms with Crippen molar-refractivity contribution >= 4 is 33.4 Å². The minimum absolute atomic E-state index is 0.0450. The predicted molar refractivity (Wildman–Crippen MR) is 118 cm³/mol. The Morgan fingerprint density at radius 1 is 1.09 bits per heavy atom. The number of nitrogens with zero attached hydrogens (tertiary/aromatic N) is 2. The molecule has 1 aliphatic carbocycles. The predicted octanol–water partition coefficient (Wildman–Crippen LogP) is 1.75. The molecule has 4 rings (SSSR count). The fourth-order valence-corrected chi connectivity index (χ4v) is 7.31. The van der Waals surface area contributed by atoms with Gasteiger partial charge in [0.1, 0.15) is 6.04 Å². The fraction of sp³-hybridized carbons (Fsp3) is 0.652. The van der Waals surface area contributed by atoms with Gasteiger partial charge in [-0.05, 0) is 46.1 Å². The lowest BCUT2D eigenvalue weighted by molar-refractivity contribution is -0.157. The van der Waals surface area contributed by atoms with Crippen molar-refractivity contribution < 1.29 is 32.3 Å². The Balaban J connectivity index is 1.41. The molecule has 0 aromatic carbocycles. The van der Waals surface area contributed by atoms with E-state index in [0.29, 0.717) is 30.5 Å². The fourth-order valence-electron chi connectivity index (χ4n) is 5.61. The summed E-state index contributed by atoms with van der Waals surface area (Å²) in [6.45, 7) is 4.50. The maximum atomic E-state index is 12.8. The highest BCUT2D eigenvalue weighted by Crippen LogP contribution is 2.39. The second kappa shape index (κ2) is 8.70. The zero-order valence-electron chi connectivity index (χ0n) is 19.2. The average molecular weight is 479 g/mol. The summed E-state index contributed by atoms with van der Waals surface area (Å²) in [6.07, 6.45) is 3.60. The van der Waals surface area contributed by atoms with Gasteiger partial charge in [0.2, 0.25) is 17.6 Å². The molecule has 0 spiro atoms. The summed E-state index contributed by atoms with van der Waals surface area (Å²) < 4.78 is 30.8. The van der Waals surface area contributed by atoms with Crippen molar-refractivity contribution in [2.45, 2.75) is 65.0 Å². The second-order valence-corrected chi connectivity index (χ2v) is 11.7. The Morgan fingerprint density at radius 3 is 2.24 bits per heavy atom. The number of ketones is 1. The first kappa shape index (κ1) is 23.7. The second-order valence-electron chi connectivity index (χ2n) is 9.46. The van der Waals surface area contributed by atoms with Crippen molar-refractivity contribution in [1.82, 2.24) is 9.47 Å². The van der Waals surface area contributed by atoms with E-state index < -0.39 is 34.2 Å². The van der Waals surface area contributed by atoms with Crippen LogP contribution in [0, 0.1) is 25.7 Å². The Bertz CT molecular complexity index is 1100. The standard InChI is InChI=1S/C23H30N2O7S/c1-13-10-19(14(2)24(13)16-8-9-33(30,31)12-16)20(26)11-32-23(29)15(3)25-21(27)17-6-4-5-7-18(17)22(25)28/h10,15-18H,4-9,11-12H2,1-3H3. The lowest BCUT2D eigenvalue weighted by Gasteiger charge is -2.21. The molecule has 0 N–H and O–H groups in total. The molecule has 3 fully saturated rings. The monoisotopic (exact) mass is 478 g/mol. The van der Waals surface area contributed by atoms with Crippen LogP contribution in [0.1, 0.15) is 66.8 Å². The van der Waals surface area contributed by atoms with Crippen LogP contribution in [0.3, 0.4) is 0 Å². The third-order valence-corrected chi connectivity index (χ3v) is 9.06. The number of ether oxygens (including phenoxy) is 1. The van der Waals surface area contributed by atoms with Crippen LogP contribution in [0.25, 0.3) is 0 Å². The molecule has 1 saturated carbocycles. The summed E-state index contributed by atoms with van der Waals surface area (Å²) in [4.78, 5) is 51.8. The number of aryl methyl sites for hydroxylation is 1. The van der Waals surface area contributed by atoms with Gasteiger partial charge in [-0.2, -0.15) is 0 Å². The van der Waals surface area contributed by atoms with E-state index in [1.165, 1.54) is 6.92 Å². The van der Waals surface area contributed by atoms with Crippen molar-refractivity contribution in [3.63, 3.8) is 0 Å². The van der Waals surface area contributed by atoms with Crippen LogP contribution < -0.4 is 0 Å².